The van der Waals surface area contributed by atoms with Gasteiger partial charge in [-0.1, -0.05) is 50.7 Å². The fourth-order valence-corrected chi connectivity index (χ4v) is 6.47. The average Bonchev–Trinajstić information content (AvgIpc) is 3.56. The molecule has 3 atom stereocenters. The zero-order valence-corrected chi connectivity index (χ0v) is 23.3. The maximum absolute atomic E-state index is 13.3. The number of thiocarbonyl (C=S) groups is 1. The van der Waals surface area contributed by atoms with E-state index in [0.717, 1.165) is 24.8 Å². The summed E-state index contributed by atoms with van der Waals surface area (Å²) in [6, 6.07) is 9.14. The molecule has 7 nitrogen and oxygen atoms in total. The Bertz CT molecular complexity index is 1190. The van der Waals surface area contributed by atoms with Crippen LogP contribution in [-0.2, 0) is 14.3 Å². The number of hydrogen-bond acceptors (Lipinski definition) is 8. The van der Waals surface area contributed by atoms with Gasteiger partial charge in [-0.15, -0.1) is 0 Å². The summed E-state index contributed by atoms with van der Waals surface area (Å²) in [5.41, 5.74) is 0.744. The van der Waals surface area contributed by atoms with Crippen molar-refractivity contribution in [2.45, 2.75) is 52.5 Å². The molecular weight excluding hydrogens is 510 g/mol. The molecule has 2 aromatic rings. The molecule has 198 valence electrons. The van der Waals surface area contributed by atoms with Crippen molar-refractivity contribution in [3.05, 3.63) is 41.0 Å². The summed E-state index contributed by atoms with van der Waals surface area (Å²) in [7, 11) is 1.53. The molecule has 1 aliphatic carbocycles. The molecule has 1 saturated heterocycles. The lowest BCUT2D eigenvalue weighted by atomic mass is 10.0. The highest BCUT2D eigenvalue weighted by Gasteiger charge is 2.43. The second kappa shape index (κ2) is 12.2. The van der Waals surface area contributed by atoms with Gasteiger partial charge >= 0.3 is 5.97 Å². The van der Waals surface area contributed by atoms with Crippen LogP contribution < -0.4 is 9.47 Å². The molecule has 1 aromatic carbocycles. The van der Waals surface area contributed by atoms with E-state index in [9.17, 15) is 9.59 Å². The number of esters is 1. The van der Waals surface area contributed by atoms with Gasteiger partial charge in [0.05, 0.1) is 18.6 Å². The van der Waals surface area contributed by atoms with Gasteiger partial charge in [0.1, 0.15) is 15.8 Å². The van der Waals surface area contributed by atoms with E-state index in [1.807, 2.05) is 23.1 Å². The minimum atomic E-state index is -0.458. The maximum atomic E-state index is 13.3. The Balaban J connectivity index is 1.49. The van der Waals surface area contributed by atoms with Crippen LogP contribution in [0, 0.1) is 11.8 Å². The van der Waals surface area contributed by atoms with Crippen molar-refractivity contribution in [1.82, 2.24) is 4.90 Å². The molecule has 0 N–H and O–H groups in total. The van der Waals surface area contributed by atoms with E-state index in [4.69, 9.17) is 30.8 Å². The van der Waals surface area contributed by atoms with Crippen LogP contribution in [0.15, 0.2) is 39.7 Å². The van der Waals surface area contributed by atoms with Gasteiger partial charge in [-0.2, -0.15) is 0 Å². The lowest BCUT2D eigenvalue weighted by Gasteiger charge is -2.26. The van der Waals surface area contributed by atoms with E-state index in [-0.39, 0.29) is 25.2 Å². The highest BCUT2D eigenvalue weighted by Crippen LogP contribution is 2.43. The Morgan fingerprint density at radius 2 is 2.03 bits per heavy atom. The summed E-state index contributed by atoms with van der Waals surface area (Å²) in [5, 5.41) is 0. The zero-order chi connectivity index (χ0) is 26.5. The number of ether oxygens (including phenoxy) is 3. The van der Waals surface area contributed by atoms with Crippen LogP contribution in [0.3, 0.4) is 0 Å². The molecule has 2 aliphatic rings. The van der Waals surface area contributed by atoms with E-state index in [2.05, 4.69) is 13.8 Å². The smallest absolute Gasteiger partial charge is 0.344 e. The summed E-state index contributed by atoms with van der Waals surface area (Å²) in [4.78, 5) is 27.4. The minimum absolute atomic E-state index is 0.0407. The van der Waals surface area contributed by atoms with E-state index in [1.54, 1.807) is 25.1 Å². The standard InChI is InChI=1S/C28H33NO6S2/c1-5-7-18-12-17(3)21(13-18)29-27(31)25(37-28(29)36)15-20-9-11-22(35-20)19-8-10-23(32-4)24(14-19)34-16-26(30)33-6-2/h8-11,14-15,17-18,21H,5-7,12-13,16H2,1-4H3/b25-15-. The molecule has 0 radical (unpaired) electrons. The molecule has 3 unspecified atom stereocenters. The van der Waals surface area contributed by atoms with Crippen LogP contribution in [-0.4, -0.2) is 47.5 Å². The highest BCUT2D eigenvalue weighted by molar-refractivity contribution is 8.26. The first-order chi connectivity index (χ1) is 17.8. The third kappa shape index (κ3) is 6.21. The number of thioether (sulfide) groups is 1. The SMILES string of the molecule is CCCC1CC(C)C(N2C(=O)/C(=C/c3ccc(-c4ccc(OC)c(OCC(=O)OCC)c4)o3)SC2=S)C1. The number of nitrogens with zero attached hydrogens (tertiary/aromatic N) is 1. The molecule has 9 heteroatoms. The van der Waals surface area contributed by atoms with Crippen molar-refractivity contribution in [3.63, 3.8) is 0 Å². The third-order valence-corrected chi connectivity index (χ3v) is 8.12. The number of rotatable bonds is 10. The van der Waals surface area contributed by atoms with E-state index < -0.39 is 5.97 Å². The minimum Gasteiger partial charge on any atom is -0.493 e. The molecule has 0 bridgehead atoms. The van der Waals surface area contributed by atoms with Crippen LogP contribution in [0.5, 0.6) is 11.5 Å². The van der Waals surface area contributed by atoms with Crippen LogP contribution in [0.25, 0.3) is 17.4 Å². The van der Waals surface area contributed by atoms with Crippen molar-refractivity contribution >= 4 is 46.3 Å². The maximum Gasteiger partial charge on any atom is 0.344 e. The third-order valence-electron chi connectivity index (χ3n) is 6.79. The van der Waals surface area contributed by atoms with Gasteiger partial charge < -0.3 is 18.6 Å². The Labute approximate surface area is 227 Å². The predicted octanol–water partition coefficient (Wildman–Crippen LogP) is 6.31. The number of carbonyl (C=O) groups is 2. The topological polar surface area (TPSA) is 78.2 Å². The van der Waals surface area contributed by atoms with Crippen molar-refractivity contribution in [2.75, 3.05) is 20.3 Å². The normalized spacial score (nSPS) is 22.6. The average molecular weight is 544 g/mol. The van der Waals surface area contributed by atoms with E-state index in [0.29, 0.717) is 44.1 Å². The zero-order valence-electron chi connectivity index (χ0n) is 21.7. The van der Waals surface area contributed by atoms with Gasteiger partial charge in [-0.05, 0) is 61.9 Å². The fourth-order valence-electron chi connectivity index (χ4n) is 5.12. The molecule has 0 spiro atoms. The van der Waals surface area contributed by atoms with Crippen molar-refractivity contribution < 1.29 is 28.2 Å². The van der Waals surface area contributed by atoms with Crippen molar-refractivity contribution in [2.24, 2.45) is 11.8 Å². The number of methoxy groups -OCH3 is 1. The van der Waals surface area contributed by atoms with Gasteiger partial charge in [-0.25, -0.2) is 4.79 Å². The number of hydrogen-bond donors (Lipinski definition) is 0. The summed E-state index contributed by atoms with van der Waals surface area (Å²) in [6.07, 6.45) is 6.27. The molecule has 1 amide bonds. The molecule has 1 aliphatic heterocycles. The summed E-state index contributed by atoms with van der Waals surface area (Å²) in [5.74, 6) is 2.64. The van der Waals surface area contributed by atoms with E-state index >= 15 is 0 Å². The fraction of sp³-hybridized carbons (Fsp3) is 0.464. The van der Waals surface area contributed by atoms with Crippen LogP contribution in [0.2, 0.25) is 0 Å². The van der Waals surface area contributed by atoms with E-state index in [1.165, 1.54) is 25.3 Å². The molecule has 1 saturated carbocycles. The molecule has 37 heavy (non-hydrogen) atoms. The summed E-state index contributed by atoms with van der Waals surface area (Å²) >= 11 is 6.96. The van der Waals surface area contributed by atoms with Gasteiger partial charge in [-0.3, -0.25) is 9.69 Å². The lowest BCUT2D eigenvalue weighted by Crippen LogP contribution is -2.40. The first-order valence-electron chi connectivity index (χ1n) is 12.7. The molecule has 2 fully saturated rings. The van der Waals surface area contributed by atoms with Gasteiger partial charge in [0.2, 0.25) is 0 Å². The number of furan rings is 1. The first kappa shape index (κ1) is 27.3. The van der Waals surface area contributed by atoms with Gasteiger partial charge in [0.25, 0.3) is 5.91 Å². The molecule has 1 aromatic heterocycles. The van der Waals surface area contributed by atoms with Crippen LogP contribution in [0.1, 0.15) is 52.2 Å². The second-order valence-electron chi connectivity index (χ2n) is 9.38. The van der Waals surface area contributed by atoms with Crippen molar-refractivity contribution in [3.8, 4) is 22.8 Å². The summed E-state index contributed by atoms with van der Waals surface area (Å²) < 4.78 is 22.6. The quantitative estimate of drug-likeness (QED) is 0.196. The van der Waals surface area contributed by atoms with Crippen molar-refractivity contribution in [1.29, 1.82) is 0 Å². The van der Waals surface area contributed by atoms with Gasteiger partial charge in [0, 0.05) is 17.7 Å². The largest absolute Gasteiger partial charge is 0.493 e. The Morgan fingerprint density at radius 1 is 1.22 bits per heavy atom. The number of carbonyl (C=O) groups excluding carboxylic acids is 2. The van der Waals surface area contributed by atoms with Crippen LogP contribution >= 0.6 is 24.0 Å². The second-order valence-corrected chi connectivity index (χ2v) is 11.1. The Hall–Kier alpha value is -2.78. The van der Waals surface area contributed by atoms with Gasteiger partial charge in [0.15, 0.2) is 18.1 Å². The number of amides is 1. The highest BCUT2D eigenvalue weighted by atomic mass is 32.2. The Kier molecular flexibility index (Phi) is 8.97. The monoisotopic (exact) mass is 543 g/mol. The predicted molar refractivity (Wildman–Crippen MR) is 148 cm³/mol. The molecular formula is C28H33NO6S2. The Morgan fingerprint density at radius 3 is 2.76 bits per heavy atom. The molecule has 4 rings (SSSR count). The lowest BCUT2D eigenvalue weighted by molar-refractivity contribution is -0.145. The summed E-state index contributed by atoms with van der Waals surface area (Å²) in [6.45, 7) is 6.23. The van der Waals surface area contributed by atoms with Crippen LogP contribution in [0.4, 0.5) is 0 Å². The molecule has 2 heterocycles. The number of benzene rings is 1. The first-order valence-corrected chi connectivity index (χ1v) is 13.9.